The van der Waals surface area contributed by atoms with E-state index >= 15 is 0 Å². The van der Waals surface area contributed by atoms with Crippen molar-refractivity contribution >= 4 is 6.03 Å². The van der Waals surface area contributed by atoms with E-state index < -0.39 is 0 Å². The molecule has 0 bridgehead atoms. The predicted molar refractivity (Wildman–Crippen MR) is 88.2 cm³/mol. The molecule has 1 aromatic rings. The van der Waals surface area contributed by atoms with Crippen molar-refractivity contribution in [3.8, 4) is 0 Å². The first-order valence-electron chi connectivity index (χ1n) is 8.60. The number of rotatable bonds is 6. The average molecular weight is 336 g/mol. The van der Waals surface area contributed by atoms with E-state index in [4.69, 9.17) is 9.47 Å². The van der Waals surface area contributed by atoms with Crippen molar-refractivity contribution in [3.05, 3.63) is 35.6 Å². The Bertz CT molecular complexity index is 548. The average Bonchev–Trinajstić information content (AvgIpc) is 3.42. The highest BCUT2D eigenvalue weighted by atomic mass is 19.1. The molecule has 24 heavy (non-hydrogen) atoms. The van der Waals surface area contributed by atoms with Crippen LogP contribution in [0.25, 0.3) is 0 Å². The molecule has 1 aliphatic carbocycles. The zero-order valence-electron chi connectivity index (χ0n) is 14.0. The molecule has 2 N–H and O–H groups in total. The van der Waals surface area contributed by atoms with E-state index in [2.05, 4.69) is 10.6 Å². The maximum Gasteiger partial charge on any atom is 0.315 e. The van der Waals surface area contributed by atoms with E-state index in [1.54, 1.807) is 19.2 Å². The summed E-state index contributed by atoms with van der Waals surface area (Å²) in [5, 5.41) is 5.87. The third kappa shape index (κ3) is 4.68. The van der Waals surface area contributed by atoms with Crippen molar-refractivity contribution < 1.29 is 18.7 Å². The first-order chi connectivity index (χ1) is 11.7. The number of ether oxygens (including phenoxy) is 2. The van der Waals surface area contributed by atoms with Crippen LogP contribution in [0.4, 0.5) is 9.18 Å². The monoisotopic (exact) mass is 336 g/mol. The summed E-state index contributed by atoms with van der Waals surface area (Å²) in [6.45, 7) is 1.05. The maximum absolute atomic E-state index is 13.0. The second kappa shape index (κ2) is 7.94. The smallest absolute Gasteiger partial charge is 0.315 e. The van der Waals surface area contributed by atoms with Gasteiger partial charge in [-0.2, -0.15) is 0 Å². The number of carbonyl (C=O) groups is 1. The number of methoxy groups -OCH3 is 1. The standard InChI is InChI=1S/C18H25FN2O3/c1-23-17(13-4-6-14(19)7-5-13)11-20-18(22)21-15-8-9-24-16(10-15)12-2-3-12/h4-7,12,15-17H,2-3,8-11H2,1H3,(H2,20,21,22). The molecule has 0 radical (unpaired) electrons. The summed E-state index contributed by atoms with van der Waals surface area (Å²) >= 11 is 0. The minimum atomic E-state index is -0.301. The van der Waals surface area contributed by atoms with Crippen molar-refractivity contribution in [2.45, 2.75) is 43.9 Å². The molecule has 3 rings (SSSR count). The summed E-state index contributed by atoms with van der Waals surface area (Å²) in [5.41, 5.74) is 0.832. The third-order valence-electron chi connectivity index (χ3n) is 4.77. The molecular weight excluding hydrogens is 311 g/mol. The van der Waals surface area contributed by atoms with Crippen LogP contribution in [-0.4, -0.2) is 38.4 Å². The normalized spacial score (nSPS) is 25.1. The Hall–Kier alpha value is -1.66. The van der Waals surface area contributed by atoms with Crippen LogP contribution in [-0.2, 0) is 9.47 Å². The lowest BCUT2D eigenvalue weighted by molar-refractivity contribution is -0.00921. The van der Waals surface area contributed by atoms with Crippen molar-refractivity contribution in [3.63, 3.8) is 0 Å². The fourth-order valence-electron chi connectivity index (χ4n) is 3.19. The Morgan fingerprint density at radius 1 is 1.33 bits per heavy atom. The Kier molecular flexibility index (Phi) is 5.68. The van der Waals surface area contributed by atoms with Gasteiger partial charge in [0.1, 0.15) is 5.82 Å². The van der Waals surface area contributed by atoms with Crippen LogP contribution in [0.15, 0.2) is 24.3 Å². The molecule has 1 aromatic carbocycles. The van der Waals surface area contributed by atoms with E-state index in [-0.39, 0.29) is 24.0 Å². The largest absolute Gasteiger partial charge is 0.378 e. The van der Waals surface area contributed by atoms with Crippen LogP contribution in [0, 0.1) is 11.7 Å². The molecule has 1 saturated carbocycles. The summed E-state index contributed by atoms with van der Waals surface area (Å²) in [6.07, 6.45) is 4.24. The van der Waals surface area contributed by atoms with Gasteiger partial charge in [-0.1, -0.05) is 12.1 Å². The summed E-state index contributed by atoms with van der Waals surface area (Å²) in [6, 6.07) is 6.09. The summed E-state index contributed by atoms with van der Waals surface area (Å²) in [4.78, 5) is 12.1. The second-order valence-electron chi connectivity index (χ2n) is 6.60. The molecule has 1 aliphatic heterocycles. The number of halogens is 1. The molecule has 6 heteroatoms. The molecule has 3 unspecified atom stereocenters. The molecule has 1 saturated heterocycles. The van der Waals surface area contributed by atoms with Crippen LogP contribution in [0.1, 0.15) is 37.4 Å². The zero-order valence-corrected chi connectivity index (χ0v) is 14.0. The number of hydrogen-bond acceptors (Lipinski definition) is 3. The minimum Gasteiger partial charge on any atom is -0.378 e. The molecule has 0 aromatic heterocycles. The first kappa shape index (κ1) is 17.2. The van der Waals surface area contributed by atoms with Gasteiger partial charge < -0.3 is 20.1 Å². The topological polar surface area (TPSA) is 59.6 Å². The molecule has 2 aliphatic rings. The Morgan fingerprint density at radius 2 is 2.08 bits per heavy atom. The highest BCUT2D eigenvalue weighted by molar-refractivity contribution is 5.74. The van der Waals surface area contributed by atoms with Crippen LogP contribution < -0.4 is 10.6 Å². The van der Waals surface area contributed by atoms with E-state index in [0.717, 1.165) is 18.4 Å². The molecule has 2 amide bonds. The summed E-state index contributed by atoms with van der Waals surface area (Å²) in [5.74, 6) is 0.401. The van der Waals surface area contributed by atoms with Crippen molar-refractivity contribution in [1.82, 2.24) is 10.6 Å². The Morgan fingerprint density at radius 3 is 2.75 bits per heavy atom. The number of carbonyl (C=O) groups excluding carboxylic acids is 1. The fourth-order valence-corrected chi connectivity index (χ4v) is 3.19. The molecule has 2 fully saturated rings. The second-order valence-corrected chi connectivity index (χ2v) is 6.60. The van der Waals surface area contributed by atoms with Gasteiger partial charge in [0.25, 0.3) is 0 Å². The van der Waals surface area contributed by atoms with Crippen LogP contribution in [0.3, 0.4) is 0 Å². The number of urea groups is 1. The van der Waals surface area contributed by atoms with Gasteiger partial charge in [-0.15, -0.1) is 0 Å². The van der Waals surface area contributed by atoms with Gasteiger partial charge in [0.2, 0.25) is 0 Å². The lowest BCUT2D eigenvalue weighted by Gasteiger charge is -2.30. The van der Waals surface area contributed by atoms with Gasteiger partial charge in [-0.3, -0.25) is 0 Å². The van der Waals surface area contributed by atoms with Crippen molar-refractivity contribution in [2.75, 3.05) is 20.3 Å². The number of hydrogen-bond donors (Lipinski definition) is 2. The van der Waals surface area contributed by atoms with Gasteiger partial charge >= 0.3 is 6.03 Å². The zero-order chi connectivity index (χ0) is 16.9. The van der Waals surface area contributed by atoms with E-state index in [9.17, 15) is 9.18 Å². The summed E-state index contributed by atoms with van der Waals surface area (Å²) < 4.78 is 24.2. The van der Waals surface area contributed by atoms with E-state index in [1.165, 1.54) is 25.0 Å². The van der Waals surface area contributed by atoms with E-state index in [1.807, 2.05) is 0 Å². The van der Waals surface area contributed by atoms with Gasteiger partial charge in [0, 0.05) is 26.3 Å². The molecule has 0 spiro atoms. The first-order valence-corrected chi connectivity index (χ1v) is 8.60. The highest BCUT2D eigenvalue weighted by Crippen LogP contribution is 2.38. The fraction of sp³-hybridized carbons (Fsp3) is 0.611. The number of amides is 2. The highest BCUT2D eigenvalue weighted by Gasteiger charge is 2.36. The molecule has 3 atom stereocenters. The number of nitrogens with one attached hydrogen (secondary N) is 2. The van der Waals surface area contributed by atoms with Crippen LogP contribution in [0.5, 0.6) is 0 Å². The van der Waals surface area contributed by atoms with Crippen LogP contribution >= 0.6 is 0 Å². The van der Waals surface area contributed by atoms with Gasteiger partial charge in [-0.25, -0.2) is 9.18 Å². The SMILES string of the molecule is COC(CNC(=O)NC1CCOC(C2CC2)C1)c1ccc(F)cc1. The minimum absolute atomic E-state index is 0.163. The summed E-state index contributed by atoms with van der Waals surface area (Å²) in [7, 11) is 1.58. The Balaban J connectivity index is 1.44. The van der Waals surface area contributed by atoms with Gasteiger partial charge in [0.05, 0.1) is 12.2 Å². The third-order valence-corrected chi connectivity index (χ3v) is 4.77. The molecule has 1 heterocycles. The lowest BCUT2D eigenvalue weighted by Crippen LogP contribution is -2.47. The molecule has 5 nitrogen and oxygen atoms in total. The quantitative estimate of drug-likeness (QED) is 0.840. The molecular formula is C18H25FN2O3. The number of benzene rings is 1. The predicted octanol–water partition coefficient (Wildman–Crippen LogP) is 2.77. The van der Waals surface area contributed by atoms with Crippen molar-refractivity contribution in [1.29, 1.82) is 0 Å². The van der Waals surface area contributed by atoms with E-state index in [0.29, 0.717) is 25.2 Å². The van der Waals surface area contributed by atoms with Gasteiger partial charge in [-0.05, 0) is 49.3 Å². The van der Waals surface area contributed by atoms with Crippen molar-refractivity contribution in [2.24, 2.45) is 5.92 Å². The lowest BCUT2D eigenvalue weighted by atomic mass is 10.0. The maximum atomic E-state index is 13.0. The Labute approximate surface area is 141 Å². The molecule has 132 valence electrons. The van der Waals surface area contributed by atoms with Gasteiger partial charge in [0.15, 0.2) is 0 Å². The van der Waals surface area contributed by atoms with Crippen LogP contribution in [0.2, 0.25) is 0 Å².